The van der Waals surface area contributed by atoms with Crippen LogP contribution in [0.5, 0.6) is 0 Å². The molecule has 8 heteroatoms. The van der Waals surface area contributed by atoms with Gasteiger partial charge in [0.15, 0.2) is 0 Å². The maximum atomic E-state index is 12.1. The largest absolute Gasteiger partial charge is 0.320 e. The summed E-state index contributed by atoms with van der Waals surface area (Å²) in [5.41, 5.74) is 2.25. The van der Waals surface area contributed by atoms with Gasteiger partial charge in [-0.3, -0.25) is 9.89 Å². The number of rotatable bonds is 4. The molecule has 0 fully saturated rings. The predicted octanol–water partition coefficient (Wildman–Crippen LogP) is 1.18. The molecule has 0 radical (unpaired) electrons. The molecule has 0 aliphatic rings. The highest BCUT2D eigenvalue weighted by Gasteiger charge is 2.16. The number of hydrogen-bond acceptors (Lipinski definition) is 4. The highest BCUT2D eigenvalue weighted by Crippen LogP contribution is 2.25. The van der Waals surface area contributed by atoms with Crippen molar-refractivity contribution in [3.8, 4) is 0 Å². The first-order valence-corrected chi connectivity index (χ1v) is 7.84. The van der Waals surface area contributed by atoms with E-state index in [1.165, 1.54) is 18.3 Å². The van der Waals surface area contributed by atoms with E-state index in [-0.39, 0.29) is 10.8 Å². The van der Waals surface area contributed by atoms with Gasteiger partial charge in [0.2, 0.25) is 10.0 Å². The molecule has 0 aliphatic heterocycles. The van der Waals surface area contributed by atoms with Crippen molar-refractivity contribution < 1.29 is 13.2 Å². The number of nitrogens with two attached hydrogens (primary N) is 1. The summed E-state index contributed by atoms with van der Waals surface area (Å²) in [6, 6.07) is 4.47. The number of hydrogen-bond donors (Lipinski definition) is 3. The van der Waals surface area contributed by atoms with Gasteiger partial charge in [-0.2, -0.15) is 5.10 Å². The first-order valence-electron chi connectivity index (χ1n) is 6.30. The summed E-state index contributed by atoms with van der Waals surface area (Å²) in [5, 5.41) is 14.2. The van der Waals surface area contributed by atoms with E-state index < -0.39 is 10.0 Å². The van der Waals surface area contributed by atoms with Gasteiger partial charge in [0.1, 0.15) is 5.69 Å². The lowest BCUT2D eigenvalue weighted by Crippen LogP contribution is -2.17. The lowest BCUT2D eigenvalue weighted by Gasteiger charge is -2.14. The predicted molar refractivity (Wildman–Crippen MR) is 78.5 cm³/mol. The molecule has 0 bridgehead atoms. The average Bonchev–Trinajstić information content (AvgIpc) is 2.93. The van der Waals surface area contributed by atoms with Crippen LogP contribution in [0.3, 0.4) is 0 Å². The number of nitrogens with one attached hydrogen (secondary N) is 2. The maximum absolute atomic E-state index is 12.1. The average molecular weight is 308 g/mol. The van der Waals surface area contributed by atoms with Crippen molar-refractivity contribution in [1.82, 2.24) is 10.2 Å². The molecule has 7 nitrogen and oxygen atoms in total. The fraction of sp³-hybridized carbons (Fsp3) is 0.231. The zero-order chi connectivity index (χ0) is 15.6. The smallest absolute Gasteiger partial charge is 0.273 e. The Kier molecular flexibility index (Phi) is 4.10. The monoisotopic (exact) mass is 308 g/mol. The zero-order valence-electron chi connectivity index (χ0n) is 11.7. The number of benzene rings is 1. The van der Waals surface area contributed by atoms with Crippen LogP contribution < -0.4 is 10.5 Å². The number of primary sulfonamides is 1. The van der Waals surface area contributed by atoms with E-state index in [0.29, 0.717) is 28.9 Å². The van der Waals surface area contributed by atoms with Gasteiger partial charge in [-0.25, -0.2) is 13.6 Å². The van der Waals surface area contributed by atoms with Gasteiger partial charge >= 0.3 is 0 Å². The molecule has 0 saturated carbocycles. The molecule has 0 unspecified atom stereocenters. The molecule has 2 aromatic rings. The van der Waals surface area contributed by atoms with Crippen LogP contribution in [-0.4, -0.2) is 24.5 Å². The second-order valence-electron chi connectivity index (χ2n) is 4.60. The number of carbonyl (C=O) groups excluding carboxylic acids is 1. The minimum absolute atomic E-state index is 0.0383. The Hall–Kier alpha value is -2.19. The molecular formula is C13H16N4O3S. The van der Waals surface area contributed by atoms with Crippen LogP contribution in [0.25, 0.3) is 0 Å². The van der Waals surface area contributed by atoms with Crippen LogP contribution in [0.15, 0.2) is 29.3 Å². The van der Waals surface area contributed by atoms with Gasteiger partial charge in [0.05, 0.1) is 4.90 Å². The summed E-state index contributed by atoms with van der Waals surface area (Å²) in [5.74, 6) is -0.339. The third-order valence-corrected chi connectivity index (χ3v) is 3.98. The van der Waals surface area contributed by atoms with Crippen LogP contribution in [0.4, 0.5) is 5.69 Å². The highest BCUT2D eigenvalue weighted by molar-refractivity contribution is 7.89. The Morgan fingerprint density at radius 3 is 2.67 bits per heavy atom. The number of aromatic nitrogens is 2. The number of anilines is 1. The second-order valence-corrected chi connectivity index (χ2v) is 6.16. The molecule has 21 heavy (non-hydrogen) atoms. The summed E-state index contributed by atoms with van der Waals surface area (Å²) in [7, 11) is -3.78. The van der Waals surface area contributed by atoms with E-state index in [1.54, 1.807) is 13.0 Å². The topological polar surface area (TPSA) is 118 Å². The summed E-state index contributed by atoms with van der Waals surface area (Å²) >= 11 is 0. The highest BCUT2D eigenvalue weighted by atomic mass is 32.2. The van der Waals surface area contributed by atoms with Gasteiger partial charge in [-0.1, -0.05) is 6.92 Å². The molecule has 1 aromatic heterocycles. The number of aryl methyl sites for hydroxylation is 2. The minimum atomic E-state index is -3.78. The lowest BCUT2D eigenvalue weighted by molar-refractivity contribution is 0.102. The molecular weight excluding hydrogens is 292 g/mol. The summed E-state index contributed by atoms with van der Waals surface area (Å²) in [6.07, 6.45) is 2.04. The molecule has 0 aliphatic carbocycles. The number of carbonyl (C=O) groups is 1. The minimum Gasteiger partial charge on any atom is -0.320 e. The van der Waals surface area contributed by atoms with Gasteiger partial charge in [0.25, 0.3) is 5.91 Å². The zero-order valence-corrected chi connectivity index (χ0v) is 12.5. The fourth-order valence-electron chi connectivity index (χ4n) is 2.01. The van der Waals surface area contributed by atoms with Crippen LogP contribution in [-0.2, 0) is 16.4 Å². The first-order chi connectivity index (χ1) is 9.82. The standard InChI is InChI=1S/C13H16N4O3S/c1-3-9-7-10(21(14,19)20)6-8(2)12(9)16-13(18)11-4-5-15-17-11/h4-7H,3H2,1-2H3,(H,15,17)(H,16,18)(H2,14,19,20). The molecule has 1 aromatic carbocycles. The van der Waals surface area contributed by atoms with E-state index in [1.807, 2.05) is 6.92 Å². The number of H-pyrrole nitrogens is 1. The SMILES string of the molecule is CCc1cc(S(N)(=O)=O)cc(C)c1NC(=O)c1ccn[nH]1. The third kappa shape index (κ3) is 3.29. The van der Waals surface area contributed by atoms with Gasteiger partial charge < -0.3 is 5.32 Å². The molecule has 0 atom stereocenters. The second kappa shape index (κ2) is 5.66. The normalized spacial score (nSPS) is 11.4. The Morgan fingerprint density at radius 2 is 2.14 bits per heavy atom. The molecule has 1 amide bonds. The Labute approximate surface area is 122 Å². The van der Waals surface area contributed by atoms with Gasteiger partial charge in [-0.15, -0.1) is 0 Å². The molecule has 0 saturated heterocycles. The van der Waals surface area contributed by atoms with E-state index in [2.05, 4.69) is 15.5 Å². The third-order valence-electron chi connectivity index (χ3n) is 3.08. The van der Waals surface area contributed by atoms with Crippen molar-refractivity contribution in [2.75, 3.05) is 5.32 Å². The molecule has 4 N–H and O–H groups in total. The van der Waals surface area contributed by atoms with E-state index in [4.69, 9.17) is 5.14 Å². The number of nitrogens with zero attached hydrogens (tertiary/aromatic N) is 1. The maximum Gasteiger partial charge on any atom is 0.273 e. The quantitative estimate of drug-likeness (QED) is 0.786. The van der Waals surface area contributed by atoms with Crippen LogP contribution in [0, 0.1) is 6.92 Å². The Balaban J connectivity index is 2.42. The van der Waals surface area contributed by atoms with E-state index in [0.717, 1.165) is 0 Å². The lowest BCUT2D eigenvalue weighted by atomic mass is 10.1. The summed E-state index contributed by atoms with van der Waals surface area (Å²) in [4.78, 5) is 12.1. The molecule has 0 spiro atoms. The van der Waals surface area contributed by atoms with Gasteiger partial charge in [-0.05, 0) is 42.7 Å². The molecule has 1 heterocycles. The van der Waals surface area contributed by atoms with Crippen LogP contribution >= 0.6 is 0 Å². The Bertz CT molecular complexity index is 767. The van der Waals surface area contributed by atoms with Crippen molar-refractivity contribution in [3.63, 3.8) is 0 Å². The summed E-state index contributed by atoms with van der Waals surface area (Å²) in [6.45, 7) is 3.59. The summed E-state index contributed by atoms with van der Waals surface area (Å²) < 4.78 is 22.9. The van der Waals surface area contributed by atoms with Crippen molar-refractivity contribution in [2.45, 2.75) is 25.2 Å². The van der Waals surface area contributed by atoms with E-state index in [9.17, 15) is 13.2 Å². The van der Waals surface area contributed by atoms with Crippen molar-refractivity contribution in [2.24, 2.45) is 5.14 Å². The van der Waals surface area contributed by atoms with Crippen molar-refractivity contribution >= 4 is 21.6 Å². The Morgan fingerprint density at radius 1 is 1.43 bits per heavy atom. The van der Waals surface area contributed by atoms with Crippen LogP contribution in [0.2, 0.25) is 0 Å². The van der Waals surface area contributed by atoms with Crippen molar-refractivity contribution in [1.29, 1.82) is 0 Å². The van der Waals surface area contributed by atoms with Crippen molar-refractivity contribution in [3.05, 3.63) is 41.2 Å². The molecule has 2 rings (SSSR count). The number of sulfonamides is 1. The first kappa shape index (κ1) is 15.2. The van der Waals surface area contributed by atoms with Gasteiger partial charge in [0, 0.05) is 11.9 Å². The number of amides is 1. The number of aromatic amines is 1. The fourth-order valence-corrected chi connectivity index (χ4v) is 2.66. The molecule has 112 valence electrons. The van der Waals surface area contributed by atoms with E-state index >= 15 is 0 Å². The van der Waals surface area contributed by atoms with Crippen LogP contribution in [0.1, 0.15) is 28.5 Å².